The lowest BCUT2D eigenvalue weighted by Gasteiger charge is -2.12. The second kappa shape index (κ2) is 6.10. The van der Waals surface area contributed by atoms with Gasteiger partial charge in [0.05, 0.1) is 11.8 Å². The van der Waals surface area contributed by atoms with Gasteiger partial charge in [0.15, 0.2) is 0 Å². The van der Waals surface area contributed by atoms with Gasteiger partial charge in [0.2, 0.25) is 11.1 Å². The molecule has 0 saturated heterocycles. The molecule has 0 aliphatic rings. The largest absolute Gasteiger partial charge is 0.458 e. The third-order valence-electron chi connectivity index (χ3n) is 2.70. The molecule has 0 radical (unpaired) electrons. The predicted octanol–water partition coefficient (Wildman–Crippen LogP) is 2.76. The highest BCUT2D eigenvalue weighted by Crippen LogP contribution is 2.15. The number of nitrogens with zero attached hydrogens (tertiary/aromatic N) is 2. The second-order valence-corrected chi connectivity index (χ2v) is 5.28. The first-order chi connectivity index (χ1) is 9.88. The van der Waals surface area contributed by atoms with Crippen LogP contribution in [0.3, 0.4) is 0 Å². The molecule has 0 aliphatic heterocycles. The summed E-state index contributed by atoms with van der Waals surface area (Å²) in [5, 5.41) is 4.65. The number of esters is 1. The molecule has 0 unspecified atom stereocenters. The Morgan fingerprint density at radius 1 is 1.33 bits per heavy atom. The number of aryl methyl sites for hydroxylation is 1. The Morgan fingerprint density at radius 3 is 2.67 bits per heavy atom. The molecule has 2 rings (SSSR count). The van der Waals surface area contributed by atoms with E-state index in [4.69, 9.17) is 16.3 Å². The van der Waals surface area contributed by atoms with Gasteiger partial charge in [-0.2, -0.15) is 5.10 Å². The molecule has 21 heavy (non-hydrogen) atoms. The van der Waals surface area contributed by atoms with Crippen molar-refractivity contribution in [1.29, 1.82) is 0 Å². The fourth-order valence-corrected chi connectivity index (χ4v) is 2.01. The lowest BCUT2D eigenvalue weighted by atomic mass is 10.3. The first-order valence-corrected chi connectivity index (χ1v) is 6.84. The summed E-state index contributed by atoms with van der Waals surface area (Å²) in [7, 11) is 0. The number of carbonyl (C=O) groups is 1. The van der Waals surface area contributed by atoms with Crippen LogP contribution < -0.4 is 5.43 Å². The first-order valence-electron chi connectivity index (χ1n) is 6.46. The molecule has 0 atom stereocenters. The van der Waals surface area contributed by atoms with Crippen molar-refractivity contribution < 1.29 is 9.53 Å². The number of benzene rings is 1. The van der Waals surface area contributed by atoms with E-state index in [0.717, 1.165) is 0 Å². The van der Waals surface area contributed by atoms with Gasteiger partial charge in [-0.05, 0) is 39.0 Å². The minimum atomic E-state index is -0.731. The molecule has 110 valence electrons. The highest BCUT2D eigenvalue weighted by Gasteiger charge is 2.17. The highest BCUT2D eigenvalue weighted by molar-refractivity contribution is 6.30. The van der Waals surface area contributed by atoms with Gasteiger partial charge in [0.1, 0.15) is 0 Å². The zero-order valence-electron chi connectivity index (χ0n) is 12.0. The summed E-state index contributed by atoms with van der Waals surface area (Å²) in [5.74, 6) is -0.731. The third kappa shape index (κ3) is 3.49. The van der Waals surface area contributed by atoms with Crippen molar-refractivity contribution in [2.75, 3.05) is 0 Å². The number of halogens is 1. The Morgan fingerprint density at radius 2 is 2.05 bits per heavy atom. The van der Waals surface area contributed by atoms with Gasteiger partial charge in [0.25, 0.3) is 0 Å². The van der Waals surface area contributed by atoms with Crippen molar-refractivity contribution >= 4 is 17.6 Å². The van der Waals surface area contributed by atoms with Gasteiger partial charge in [-0.15, -0.1) is 0 Å². The van der Waals surface area contributed by atoms with E-state index in [0.29, 0.717) is 16.4 Å². The van der Waals surface area contributed by atoms with Crippen LogP contribution in [0.2, 0.25) is 5.02 Å². The van der Waals surface area contributed by atoms with E-state index in [1.165, 1.54) is 10.7 Å². The normalized spacial score (nSPS) is 10.7. The SMILES string of the molecule is Cc1cc(=O)c(C(=O)OC(C)C)nn1-c1cccc(Cl)c1. The number of rotatable bonds is 3. The van der Waals surface area contributed by atoms with Crippen molar-refractivity contribution in [1.82, 2.24) is 9.78 Å². The van der Waals surface area contributed by atoms with E-state index in [1.54, 1.807) is 45.0 Å². The quantitative estimate of drug-likeness (QED) is 0.818. The predicted molar refractivity (Wildman–Crippen MR) is 80.1 cm³/mol. The summed E-state index contributed by atoms with van der Waals surface area (Å²) >= 11 is 5.96. The molecule has 1 aromatic carbocycles. The molecule has 0 aliphatic carbocycles. The monoisotopic (exact) mass is 306 g/mol. The van der Waals surface area contributed by atoms with Crippen LogP contribution in [-0.2, 0) is 4.74 Å². The average molecular weight is 307 g/mol. The summed E-state index contributed by atoms with van der Waals surface area (Å²) in [4.78, 5) is 23.8. The fraction of sp³-hybridized carbons (Fsp3) is 0.267. The Bertz CT molecular complexity index is 738. The Balaban J connectivity index is 2.53. The molecule has 0 N–H and O–H groups in total. The van der Waals surface area contributed by atoms with Crippen LogP contribution in [-0.4, -0.2) is 21.9 Å². The highest BCUT2D eigenvalue weighted by atomic mass is 35.5. The number of hydrogen-bond acceptors (Lipinski definition) is 4. The molecule has 0 amide bonds. The van der Waals surface area contributed by atoms with Crippen molar-refractivity contribution in [3.8, 4) is 5.69 Å². The Hall–Kier alpha value is -2.14. The van der Waals surface area contributed by atoms with E-state index in [9.17, 15) is 9.59 Å². The van der Waals surface area contributed by atoms with Gasteiger partial charge in [-0.25, -0.2) is 9.48 Å². The molecule has 0 bridgehead atoms. The zero-order valence-corrected chi connectivity index (χ0v) is 12.7. The van der Waals surface area contributed by atoms with Crippen LogP contribution in [0.4, 0.5) is 0 Å². The molecule has 0 fully saturated rings. The van der Waals surface area contributed by atoms with Crippen LogP contribution in [0.15, 0.2) is 35.1 Å². The Kier molecular flexibility index (Phi) is 4.43. The van der Waals surface area contributed by atoms with E-state index >= 15 is 0 Å². The number of aromatic nitrogens is 2. The van der Waals surface area contributed by atoms with Crippen molar-refractivity contribution in [2.24, 2.45) is 0 Å². The van der Waals surface area contributed by atoms with Crippen LogP contribution in [0, 0.1) is 6.92 Å². The molecule has 1 aromatic heterocycles. The summed E-state index contributed by atoms with van der Waals surface area (Å²) in [6, 6.07) is 8.34. The van der Waals surface area contributed by atoms with Crippen molar-refractivity contribution in [2.45, 2.75) is 26.9 Å². The van der Waals surface area contributed by atoms with Crippen LogP contribution in [0.25, 0.3) is 5.69 Å². The average Bonchev–Trinajstić information content (AvgIpc) is 2.37. The summed E-state index contributed by atoms with van der Waals surface area (Å²) < 4.78 is 6.52. The van der Waals surface area contributed by atoms with Gasteiger partial charge >= 0.3 is 5.97 Å². The maximum absolute atomic E-state index is 11.9. The molecule has 1 heterocycles. The topological polar surface area (TPSA) is 61.2 Å². The van der Waals surface area contributed by atoms with Gasteiger partial charge < -0.3 is 4.74 Å². The van der Waals surface area contributed by atoms with Crippen LogP contribution in [0.1, 0.15) is 30.0 Å². The standard InChI is InChI=1S/C15H15ClN2O3/c1-9(2)21-15(20)14-13(19)7-10(3)18(17-14)12-6-4-5-11(16)8-12/h4-9H,1-3H3. The number of ether oxygens (including phenoxy) is 1. The number of hydrogen-bond donors (Lipinski definition) is 0. The van der Waals surface area contributed by atoms with Crippen LogP contribution in [0.5, 0.6) is 0 Å². The molecular weight excluding hydrogens is 292 g/mol. The van der Waals surface area contributed by atoms with Crippen molar-refractivity contribution in [3.63, 3.8) is 0 Å². The minimum absolute atomic E-state index is 0.241. The van der Waals surface area contributed by atoms with E-state index in [1.807, 2.05) is 0 Å². The minimum Gasteiger partial charge on any atom is -0.458 e. The lowest BCUT2D eigenvalue weighted by Crippen LogP contribution is -2.25. The van der Waals surface area contributed by atoms with Gasteiger partial charge in [-0.1, -0.05) is 17.7 Å². The molecule has 0 saturated carbocycles. The smallest absolute Gasteiger partial charge is 0.363 e. The molecule has 2 aromatic rings. The third-order valence-corrected chi connectivity index (χ3v) is 2.93. The maximum atomic E-state index is 11.9. The number of carbonyl (C=O) groups excluding carboxylic acids is 1. The fourth-order valence-electron chi connectivity index (χ4n) is 1.83. The lowest BCUT2D eigenvalue weighted by molar-refractivity contribution is 0.0367. The van der Waals surface area contributed by atoms with Crippen LogP contribution >= 0.6 is 11.6 Å². The second-order valence-electron chi connectivity index (χ2n) is 4.84. The molecular formula is C15H15ClN2O3. The summed E-state index contributed by atoms with van der Waals surface area (Å²) in [6.07, 6.45) is -0.320. The maximum Gasteiger partial charge on any atom is 0.363 e. The van der Waals surface area contributed by atoms with Crippen molar-refractivity contribution in [3.05, 3.63) is 57.0 Å². The Labute approximate surface area is 127 Å². The van der Waals surface area contributed by atoms with E-state index < -0.39 is 11.4 Å². The molecule has 5 nitrogen and oxygen atoms in total. The van der Waals surface area contributed by atoms with E-state index in [-0.39, 0.29) is 11.8 Å². The van der Waals surface area contributed by atoms with Gasteiger partial charge in [-0.3, -0.25) is 4.79 Å². The van der Waals surface area contributed by atoms with E-state index in [2.05, 4.69) is 5.10 Å². The first kappa shape index (κ1) is 15.3. The van der Waals surface area contributed by atoms with Gasteiger partial charge in [0, 0.05) is 16.8 Å². The summed E-state index contributed by atoms with van der Waals surface area (Å²) in [6.45, 7) is 5.15. The summed E-state index contributed by atoms with van der Waals surface area (Å²) in [5.41, 5.74) is 0.563. The zero-order chi connectivity index (χ0) is 15.6. The molecule has 6 heteroatoms. The molecule has 0 spiro atoms.